The van der Waals surface area contributed by atoms with Crippen molar-refractivity contribution in [2.75, 3.05) is 0 Å². The summed E-state index contributed by atoms with van der Waals surface area (Å²) in [4.78, 5) is 0. The van der Waals surface area contributed by atoms with E-state index in [2.05, 4.69) is 81.4 Å². The first kappa shape index (κ1) is 27.5. The van der Waals surface area contributed by atoms with Crippen LogP contribution in [-0.2, 0) is 0 Å². The van der Waals surface area contributed by atoms with Gasteiger partial charge in [0.15, 0.2) is 0 Å². The number of benzene rings is 2. The van der Waals surface area contributed by atoms with Gasteiger partial charge in [0.1, 0.15) is 0 Å². The Hall–Kier alpha value is -1.68. The van der Waals surface area contributed by atoms with Crippen molar-refractivity contribution in [3.8, 4) is 0 Å². The Labute approximate surface area is 236 Å². The zero-order valence-corrected chi connectivity index (χ0v) is 24.3. The summed E-state index contributed by atoms with van der Waals surface area (Å²) in [5.41, 5.74) is 2.78. The van der Waals surface area contributed by atoms with E-state index in [1.54, 1.807) is 0 Å². The highest BCUT2D eigenvalue weighted by Gasteiger charge is 2.65. The molecule has 6 rings (SSSR count). The number of aliphatic hydroxyl groups excluding tert-OH is 3. The second-order valence-electron chi connectivity index (χ2n) is 14.5. The fraction of sp³-hybridized carbons (Fsp3) is 0.667. The first-order chi connectivity index (χ1) is 18.7. The van der Waals surface area contributed by atoms with Gasteiger partial charge < -0.3 is 15.3 Å². The number of fused-ring (bicyclic) bond motifs is 5. The maximum atomic E-state index is 11.9. The topological polar surface area (TPSA) is 60.7 Å². The molecule has 3 heteroatoms. The first-order valence-corrected chi connectivity index (χ1v) is 15.9. The molecule has 0 saturated heterocycles. The molecule has 11 atom stereocenters. The van der Waals surface area contributed by atoms with E-state index in [1.807, 2.05) is 0 Å². The van der Waals surface area contributed by atoms with Gasteiger partial charge in [0, 0.05) is 5.92 Å². The molecule has 0 aliphatic heterocycles. The Kier molecular flexibility index (Phi) is 7.48. The van der Waals surface area contributed by atoms with Crippen LogP contribution in [0.25, 0.3) is 0 Å². The molecule has 3 nitrogen and oxygen atoms in total. The molecule has 212 valence electrons. The maximum Gasteiger partial charge on any atom is 0.0602 e. The standard InChI is InChI=1S/C36H50O3/c1-23(14-15-28(24-10-6-4-7-11-24)25-12-8-5-9-13-25)29-16-17-30-34-31(22-33(39)36(29,30)3)35(2)19-18-27(37)20-26(35)21-32(34)38/h4-13,23,26-34,37-39H,14-22H2,1-3H3/t23-,26-,27+,29-,30+,31+,32-,33-,34+,35+,36-/m1/s1. The van der Waals surface area contributed by atoms with Crippen LogP contribution in [0, 0.1) is 46.3 Å². The van der Waals surface area contributed by atoms with Crippen molar-refractivity contribution in [3.63, 3.8) is 0 Å². The van der Waals surface area contributed by atoms with Gasteiger partial charge in [-0.2, -0.15) is 0 Å². The average molecular weight is 531 g/mol. The summed E-state index contributed by atoms with van der Waals surface area (Å²) in [6, 6.07) is 21.9. The van der Waals surface area contributed by atoms with Gasteiger partial charge >= 0.3 is 0 Å². The average Bonchev–Trinajstić information content (AvgIpc) is 3.30. The third-order valence-electron chi connectivity index (χ3n) is 12.8. The van der Waals surface area contributed by atoms with Gasteiger partial charge in [-0.15, -0.1) is 0 Å². The lowest BCUT2D eigenvalue weighted by atomic mass is 9.43. The smallest absolute Gasteiger partial charge is 0.0602 e. The minimum absolute atomic E-state index is 0.131. The van der Waals surface area contributed by atoms with Gasteiger partial charge in [0.2, 0.25) is 0 Å². The van der Waals surface area contributed by atoms with Gasteiger partial charge in [-0.1, -0.05) is 81.4 Å². The van der Waals surface area contributed by atoms with Crippen molar-refractivity contribution in [1.82, 2.24) is 0 Å². The molecular formula is C36H50O3. The predicted molar refractivity (Wildman–Crippen MR) is 157 cm³/mol. The fourth-order valence-electron chi connectivity index (χ4n) is 10.7. The van der Waals surface area contributed by atoms with E-state index >= 15 is 0 Å². The van der Waals surface area contributed by atoms with Crippen LogP contribution >= 0.6 is 0 Å². The molecule has 3 N–H and O–H groups in total. The minimum atomic E-state index is -0.313. The molecular weight excluding hydrogens is 480 g/mol. The largest absolute Gasteiger partial charge is 0.393 e. The molecule has 0 radical (unpaired) electrons. The zero-order chi connectivity index (χ0) is 27.4. The van der Waals surface area contributed by atoms with E-state index < -0.39 is 0 Å². The van der Waals surface area contributed by atoms with E-state index in [9.17, 15) is 15.3 Å². The van der Waals surface area contributed by atoms with Crippen molar-refractivity contribution in [2.24, 2.45) is 46.3 Å². The van der Waals surface area contributed by atoms with Gasteiger partial charge in [0.05, 0.1) is 18.3 Å². The third kappa shape index (κ3) is 4.61. The quantitative estimate of drug-likeness (QED) is 0.370. The maximum absolute atomic E-state index is 11.9. The van der Waals surface area contributed by atoms with Crippen molar-refractivity contribution in [2.45, 2.75) is 103 Å². The minimum Gasteiger partial charge on any atom is -0.393 e. The molecule has 0 aromatic heterocycles. The zero-order valence-electron chi connectivity index (χ0n) is 24.3. The lowest BCUT2D eigenvalue weighted by molar-refractivity contribution is -0.207. The van der Waals surface area contributed by atoms with E-state index in [0.29, 0.717) is 35.5 Å². The normalized spacial score (nSPS) is 42.4. The van der Waals surface area contributed by atoms with Crippen LogP contribution in [0.15, 0.2) is 60.7 Å². The van der Waals surface area contributed by atoms with Gasteiger partial charge in [-0.25, -0.2) is 0 Å². The number of rotatable bonds is 6. The molecule has 4 saturated carbocycles. The highest BCUT2D eigenvalue weighted by molar-refractivity contribution is 5.32. The summed E-state index contributed by atoms with van der Waals surface area (Å²) in [7, 11) is 0. The Morgan fingerprint density at radius 3 is 2.05 bits per heavy atom. The molecule has 2 aromatic rings. The van der Waals surface area contributed by atoms with Gasteiger partial charge in [-0.3, -0.25) is 0 Å². The Balaban J connectivity index is 1.21. The highest BCUT2D eigenvalue weighted by Crippen LogP contribution is 2.68. The first-order valence-electron chi connectivity index (χ1n) is 15.9. The van der Waals surface area contributed by atoms with Crippen LogP contribution in [0.2, 0.25) is 0 Å². The molecule has 4 fully saturated rings. The monoisotopic (exact) mass is 530 g/mol. The molecule has 0 spiro atoms. The number of hydrogen-bond acceptors (Lipinski definition) is 3. The van der Waals surface area contributed by atoms with Crippen molar-refractivity contribution in [1.29, 1.82) is 0 Å². The molecule has 4 aliphatic rings. The summed E-state index contributed by atoms with van der Waals surface area (Å²) in [5.74, 6) is 2.80. The Bertz CT molecular complexity index is 1060. The molecule has 4 aliphatic carbocycles. The summed E-state index contributed by atoms with van der Waals surface area (Å²) in [5, 5.41) is 33.9. The second-order valence-corrected chi connectivity index (χ2v) is 14.5. The van der Waals surface area contributed by atoms with Crippen LogP contribution in [-0.4, -0.2) is 33.6 Å². The van der Waals surface area contributed by atoms with Crippen LogP contribution in [0.1, 0.15) is 95.6 Å². The molecule has 0 unspecified atom stereocenters. The Morgan fingerprint density at radius 2 is 1.41 bits per heavy atom. The summed E-state index contributed by atoms with van der Waals surface area (Å²) in [6.45, 7) is 7.23. The van der Waals surface area contributed by atoms with E-state index in [1.165, 1.54) is 11.1 Å². The SMILES string of the molecule is C[C@H](CCC(c1ccccc1)c1ccccc1)[C@H]1CC[C@H]2[C@@H]3[C@H](O)C[C@H]4C[C@@H](O)CC[C@]4(C)[C@H]3C[C@@H](O)[C@]12C. The lowest BCUT2D eigenvalue weighted by Crippen LogP contribution is -2.62. The van der Waals surface area contributed by atoms with E-state index in [0.717, 1.165) is 57.8 Å². The van der Waals surface area contributed by atoms with Crippen LogP contribution < -0.4 is 0 Å². The summed E-state index contributed by atoms with van der Waals surface area (Å²) in [6.07, 6.45) is 8.07. The molecule has 0 bridgehead atoms. The lowest BCUT2D eigenvalue weighted by Gasteiger charge is -2.63. The molecule has 0 heterocycles. The molecule has 39 heavy (non-hydrogen) atoms. The van der Waals surface area contributed by atoms with E-state index in [4.69, 9.17) is 0 Å². The second kappa shape index (κ2) is 10.6. The molecule has 2 aromatic carbocycles. The third-order valence-corrected chi connectivity index (χ3v) is 12.8. The van der Waals surface area contributed by atoms with Crippen LogP contribution in [0.4, 0.5) is 0 Å². The van der Waals surface area contributed by atoms with Gasteiger partial charge in [0.25, 0.3) is 0 Å². The van der Waals surface area contributed by atoms with E-state index in [-0.39, 0.29) is 35.1 Å². The predicted octanol–water partition coefficient (Wildman–Crippen LogP) is 7.20. The van der Waals surface area contributed by atoms with Crippen molar-refractivity contribution < 1.29 is 15.3 Å². The van der Waals surface area contributed by atoms with Crippen molar-refractivity contribution >= 4 is 0 Å². The number of aliphatic hydroxyl groups is 3. The number of hydrogen-bond donors (Lipinski definition) is 3. The van der Waals surface area contributed by atoms with Crippen LogP contribution in [0.3, 0.4) is 0 Å². The van der Waals surface area contributed by atoms with Crippen molar-refractivity contribution in [3.05, 3.63) is 71.8 Å². The van der Waals surface area contributed by atoms with Gasteiger partial charge in [-0.05, 0) is 115 Å². The Morgan fingerprint density at radius 1 is 0.769 bits per heavy atom. The highest BCUT2D eigenvalue weighted by atomic mass is 16.3. The van der Waals surface area contributed by atoms with Crippen LogP contribution in [0.5, 0.6) is 0 Å². The summed E-state index contributed by atoms with van der Waals surface area (Å²) >= 11 is 0. The summed E-state index contributed by atoms with van der Waals surface area (Å²) < 4.78 is 0. The molecule has 0 amide bonds. The fourth-order valence-corrected chi connectivity index (χ4v) is 10.7.